The van der Waals surface area contributed by atoms with E-state index in [1.54, 1.807) is 29.0 Å². The molecule has 2 aromatic heterocycles. The summed E-state index contributed by atoms with van der Waals surface area (Å²) in [6.07, 6.45) is 9.13. The lowest BCUT2D eigenvalue weighted by molar-refractivity contribution is -0.120. The van der Waals surface area contributed by atoms with Crippen LogP contribution in [0.4, 0.5) is 5.69 Å². The number of nitrogens with zero attached hydrogens (tertiary/aromatic N) is 7. The molecule has 0 unspecified atom stereocenters. The van der Waals surface area contributed by atoms with Gasteiger partial charge in [0.2, 0.25) is 5.91 Å². The minimum atomic E-state index is 0. The maximum absolute atomic E-state index is 12.7. The summed E-state index contributed by atoms with van der Waals surface area (Å²) in [6, 6.07) is 8.42. The lowest BCUT2D eigenvalue weighted by atomic mass is 10.1. The number of hydrogen-bond donors (Lipinski definition) is 1. The third kappa shape index (κ3) is 5.63. The SMILES string of the molecule is CN=C(NCc1cccc(Cn2ccnc2)c1)N1CCN(c2cnn(C)c2)C(=O)C1.I. The third-order valence-electron chi connectivity index (χ3n) is 5.10. The van der Waals surface area contributed by atoms with Crippen LogP contribution in [-0.2, 0) is 24.9 Å². The number of aryl methyl sites for hydroxylation is 1. The normalized spacial score (nSPS) is 14.5. The zero-order valence-corrected chi connectivity index (χ0v) is 20.0. The summed E-state index contributed by atoms with van der Waals surface area (Å²) < 4.78 is 3.75. The maximum atomic E-state index is 12.7. The topological polar surface area (TPSA) is 83.6 Å². The van der Waals surface area contributed by atoms with Gasteiger partial charge in [-0.25, -0.2) is 4.98 Å². The molecule has 0 bridgehead atoms. The molecule has 1 saturated heterocycles. The second kappa shape index (κ2) is 10.4. The summed E-state index contributed by atoms with van der Waals surface area (Å²) in [5.41, 5.74) is 3.21. The number of guanidine groups is 1. The molecule has 1 fully saturated rings. The predicted octanol–water partition coefficient (Wildman–Crippen LogP) is 1.71. The first-order valence-corrected chi connectivity index (χ1v) is 9.90. The van der Waals surface area contributed by atoms with E-state index in [1.807, 2.05) is 35.2 Å². The first kappa shape index (κ1) is 22.8. The van der Waals surface area contributed by atoms with Gasteiger partial charge in [-0.05, 0) is 11.1 Å². The van der Waals surface area contributed by atoms with E-state index < -0.39 is 0 Å². The smallest absolute Gasteiger partial charge is 0.246 e. The van der Waals surface area contributed by atoms with Crippen LogP contribution in [0.2, 0.25) is 0 Å². The van der Waals surface area contributed by atoms with Gasteiger partial charge >= 0.3 is 0 Å². The molecule has 10 heteroatoms. The Morgan fingerprint density at radius 2 is 2.10 bits per heavy atom. The first-order valence-electron chi connectivity index (χ1n) is 9.90. The highest BCUT2D eigenvalue weighted by atomic mass is 127. The van der Waals surface area contributed by atoms with Gasteiger partial charge in [-0.2, -0.15) is 5.10 Å². The fourth-order valence-corrected chi connectivity index (χ4v) is 3.62. The van der Waals surface area contributed by atoms with Crippen molar-refractivity contribution in [2.45, 2.75) is 13.1 Å². The zero-order chi connectivity index (χ0) is 20.9. The summed E-state index contributed by atoms with van der Waals surface area (Å²) in [5, 5.41) is 7.55. The van der Waals surface area contributed by atoms with Gasteiger partial charge in [-0.3, -0.25) is 14.5 Å². The lowest BCUT2D eigenvalue weighted by Gasteiger charge is -2.35. The van der Waals surface area contributed by atoms with Gasteiger partial charge in [0.1, 0.15) is 6.54 Å². The average molecular weight is 534 g/mol. The number of carbonyl (C=O) groups is 1. The number of piperazine rings is 1. The molecule has 3 heterocycles. The van der Waals surface area contributed by atoms with Gasteiger partial charge < -0.3 is 19.7 Å². The number of benzene rings is 1. The molecule has 0 saturated carbocycles. The van der Waals surface area contributed by atoms with E-state index in [1.165, 1.54) is 5.56 Å². The molecule has 1 aromatic carbocycles. The summed E-state index contributed by atoms with van der Waals surface area (Å²) in [5.74, 6) is 0.772. The number of aliphatic imine (C=N–C) groups is 1. The monoisotopic (exact) mass is 534 g/mol. The van der Waals surface area contributed by atoms with Crippen molar-refractivity contribution in [1.82, 2.24) is 29.5 Å². The van der Waals surface area contributed by atoms with Crippen LogP contribution in [-0.4, -0.2) is 62.8 Å². The molecular formula is C21H27IN8O. The highest BCUT2D eigenvalue weighted by molar-refractivity contribution is 14.0. The second-order valence-corrected chi connectivity index (χ2v) is 7.29. The molecule has 9 nitrogen and oxygen atoms in total. The van der Waals surface area contributed by atoms with E-state index in [-0.39, 0.29) is 36.4 Å². The predicted molar refractivity (Wildman–Crippen MR) is 131 cm³/mol. The van der Waals surface area contributed by atoms with Crippen LogP contribution in [0.3, 0.4) is 0 Å². The van der Waals surface area contributed by atoms with E-state index in [0.29, 0.717) is 19.6 Å². The van der Waals surface area contributed by atoms with Crippen molar-refractivity contribution in [2.24, 2.45) is 12.0 Å². The van der Waals surface area contributed by atoms with E-state index in [2.05, 4.69) is 44.7 Å². The van der Waals surface area contributed by atoms with Crippen molar-refractivity contribution < 1.29 is 4.79 Å². The minimum absolute atomic E-state index is 0. The highest BCUT2D eigenvalue weighted by Crippen LogP contribution is 2.16. The van der Waals surface area contributed by atoms with Gasteiger partial charge in [0.15, 0.2) is 5.96 Å². The molecule has 0 radical (unpaired) electrons. The molecule has 1 amide bonds. The molecule has 1 N–H and O–H groups in total. The first-order chi connectivity index (χ1) is 14.6. The molecule has 1 aliphatic rings. The Hall–Kier alpha value is -2.89. The van der Waals surface area contributed by atoms with E-state index >= 15 is 0 Å². The number of halogens is 1. The molecular weight excluding hydrogens is 507 g/mol. The molecule has 31 heavy (non-hydrogen) atoms. The lowest BCUT2D eigenvalue weighted by Crippen LogP contribution is -2.55. The number of carbonyl (C=O) groups excluding carboxylic acids is 1. The molecule has 4 rings (SSSR count). The summed E-state index contributed by atoms with van der Waals surface area (Å²) in [4.78, 5) is 24.9. The average Bonchev–Trinajstić information content (AvgIpc) is 3.41. The molecule has 0 atom stereocenters. The second-order valence-electron chi connectivity index (χ2n) is 7.29. The Morgan fingerprint density at radius 1 is 1.26 bits per heavy atom. The Bertz CT molecular complexity index is 1030. The van der Waals surface area contributed by atoms with Crippen molar-refractivity contribution in [2.75, 3.05) is 31.6 Å². The maximum Gasteiger partial charge on any atom is 0.246 e. The quantitative estimate of drug-likeness (QED) is 0.306. The standard InChI is InChI=1S/C21H26N8O.HI/c1-22-21(28-8-9-29(20(30)15-28)19-12-25-26(2)14-19)24-11-17-4-3-5-18(10-17)13-27-7-6-23-16-27;/h3-7,10,12,14,16H,8-9,11,13,15H2,1-2H3,(H,22,24);1H. The molecule has 0 spiro atoms. The van der Waals surface area contributed by atoms with Gasteiger partial charge in [0.25, 0.3) is 0 Å². The Morgan fingerprint density at radius 3 is 2.77 bits per heavy atom. The Balaban J connectivity index is 0.00000272. The van der Waals surface area contributed by atoms with Gasteiger partial charge in [-0.15, -0.1) is 24.0 Å². The number of amides is 1. The molecule has 3 aromatic rings. The summed E-state index contributed by atoms with van der Waals surface area (Å²) >= 11 is 0. The highest BCUT2D eigenvalue weighted by Gasteiger charge is 2.27. The van der Waals surface area contributed by atoms with Crippen LogP contribution >= 0.6 is 24.0 Å². The van der Waals surface area contributed by atoms with Crippen LogP contribution < -0.4 is 10.2 Å². The Labute approximate surface area is 198 Å². The summed E-state index contributed by atoms with van der Waals surface area (Å²) in [6.45, 7) is 3.02. The van der Waals surface area contributed by atoms with E-state index in [0.717, 1.165) is 23.8 Å². The number of imidazole rings is 1. The third-order valence-corrected chi connectivity index (χ3v) is 5.10. The van der Waals surface area contributed by atoms with Crippen LogP contribution in [0, 0.1) is 0 Å². The van der Waals surface area contributed by atoms with E-state index in [9.17, 15) is 4.79 Å². The number of hydrogen-bond acceptors (Lipinski definition) is 4. The number of anilines is 1. The van der Waals surface area contributed by atoms with Crippen molar-refractivity contribution in [3.8, 4) is 0 Å². The van der Waals surface area contributed by atoms with Crippen LogP contribution in [0.25, 0.3) is 0 Å². The van der Waals surface area contributed by atoms with E-state index in [4.69, 9.17) is 0 Å². The fraction of sp³-hybridized carbons (Fsp3) is 0.333. The fourth-order valence-electron chi connectivity index (χ4n) is 3.62. The zero-order valence-electron chi connectivity index (χ0n) is 17.7. The van der Waals surface area contributed by atoms with Crippen molar-refractivity contribution >= 4 is 41.5 Å². The van der Waals surface area contributed by atoms with Gasteiger partial charge in [0.05, 0.1) is 18.2 Å². The van der Waals surface area contributed by atoms with Crippen molar-refractivity contribution in [1.29, 1.82) is 0 Å². The largest absolute Gasteiger partial charge is 0.352 e. The van der Waals surface area contributed by atoms with Gasteiger partial charge in [-0.1, -0.05) is 24.3 Å². The molecule has 164 valence electrons. The van der Waals surface area contributed by atoms with Crippen LogP contribution in [0.5, 0.6) is 0 Å². The minimum Gasteiger partial charge on any atom is -0.352 e. The van der Waals surface area contributed by atoms with Crippen molar-refractivity contribution in [3.63, 3.8) is 0 Å². The Kier molecular flexibility index (Phi) is 7.66. The number of nitrogens with one attached hydrogen (secondary N) is 1. The van der Waals surface area contributed by atoms with Gasteiger partial charge in [0, 0.05) is 58.9 Å². The van der Waals surface area contributed by atoms with Crippen LogP contribution in [0.15, 0.2) is 60.4 Å². The summed E-state index contributed by atoms with van der Waals surface area (Å²) in [7, 11) is 3.59. The molecule has 1 aliphatic heterocycles. The molecule has 0 aliphatic carbocycles. The van der Waals surface area contributed by atoms with Crippen LogP contribution in [0.1, 0.15) is 11.1 Å². The van der Waals surface area contributed by atoms with Crippen molar-refractivity contribution in [3.05, 3.63) is 66.5 Å². The number of aromatic nitrogens is 4. The number of rotatable bonds is 5.